The second-order valence-electron chi connectivity index (χ2n) is 5.35. The molecule has 94 valence electrons. The maximum absolute atomic E-state index is 10.8. The van der Waals surface area contributed by atoms with Gasteiger partial charge in [-0.3, -0.25) is 10.1 Å². The minimum atomic E-state index is -0.335. The minimum Gasteiger partial charge on any atom is -0.309 e. The first-order valence-corrected chi connectivity index (χ1v) is 5.78. The third kappa shape index (κ3) is 3.82. The lowest BCUT2D eigenvalue weighted by atomic mass is 9.88. The molecule has 1 aromatic carbocycles. The van der Waals surface area contributed by atoms with Crippen LogP contribution in [0.4, 0.5) is 5.69 Å². The van der Waals surface area contributed by atoms with Gasteiger partial charge in [0.05, 0.1) is 4.92 Å². The van der Waals surface area contributed by atoms with E-state index in [0.717, 1.165) is 5.56 Å². The maximum atomic E-state index is 10.8. The molecular formula is C13H20N2O2. The minimum absolute atomic E-state index is 0.142. The van der Waals surface area contributed by atoms with Gasteiger partial charge in [0.15, 0.2) is 0 Å². The third-order valence-corrected chi connectivity index (χ3v) is 3.09. The van der Waals surface area contributed by atoms with Crippen LogP contribution >= 0.6 is 0 Å². The lowest BCUT2D eigenvalue weighted by molar-refractivity contribution is -0.385. The number of hydrogen-bond donors (Lipinski definition) is 1. The predicted octanol–water partition coefficient (Wildman–Crippen LogP) is 3.12. The van der Waals surface area contributed by atoms with Gasteiger partial charge in [0.2, 0.25) is 0 Å². The van der Waals surface area contributed by atoms with Crippen LogP contribution in [-0.2, 0) is 6.54 Å². The molecule has 1 unspecified atom stereocenters. The van der Waals surface area contributed by atoms with Crippen LogP contribution in [0, 0.1) is 15.5 Å². The molecule has 0 aliphatic heterocycles. The molecular weight excluding hydrogens is 216 g/mol. The first kappa shape index (κ1) is 13.6. The van der Waals surface area contributed by atoms with Gasteiger partial charge in [-0.1, -0.05) is 39.0 Å². The molecule has 4 nitrogen and oxygen atoms in total. The second kappa shape index (κ2) is 5.27. The Hall–Kier alpha value is -1.42. The number of nitrogens with zero attached hydrogens (tertiary/aromatic N) is 1. The van der Waals surface area contributed by atoms with E-state index in [-0.39, 0.29) is 16.0 Å². The summed E-state index contributed by atoms with van der Waals surface area (Å²) < 4.78 is 0. The van der Waals surface area contributed by atoms with Crippen LogP contribution < -0.4 is 5.32 Å². The normalized spacial score (nSPS) is 13.4. The zero-order valence-electron chi connectivity index (χ0n) is 10.9. The van der Waals surface area contributed by atoms with Gasteiger partial charge in [0.1, 0.15) is 0 Å². The molecule has 17 heavy (non-hydrogen) atoms. The van der Waals surface area contributed by atoms with E-state index in [2.05, 4.69) is 33.0 Å². The van der Waals surface area contributed by atoms with Crippen LogP contribution in [-0.4, -0.2) is 11.0 Å². The monoisotopic (exact) mass is 236 g/mol. The van der Waals surface area contributed by atoms with Crippen molar-refractivity contribution >= 4 is 5.69 Å². The summed E-state index contributed by atoms with van der Waals surface area (Å²) in [6.45, 7) is 9.04. The Bertz CT molecular complexity index is 397. The van der Waals surface area contributed by atoms with Crippen molar-refractivity contribution in [1.29, 1.82) is 0 Å². The summed E-state index contributed by atoms with van der Waals surface area (Å²) >= 11 is 0. The van der Waals surface area contributed by atoms with E-state index >= 15 is 0 Å². The average Bonchev–Trinajstić information content (AvgIpc) is 2.24. The number of nitro groups is 1. The number of para-hydroxylation sites is 1. The smallest absolute Gasteiger partial charge is 0.273 e. The SMILES string of the molecule is CC(NCc1ccccc1[N+](=O)[O-])C(C)(C)C. The molecule has 0 bridgehead atoms. The lowest BCUT2D eigenvalue weighted by Crippen LogP contribution is -2.37. The van der Waals surface area contributed by atoms with Gasteiger partial charge in [-0.2, -0.15) is 0 Å². The molecule has 1 aromatic rings. The van der Waals surface area contributed by atoms with Gasteiger partial charge in [0, 0.05) is 24.2 Å². The Kier molecular flexibility index (Phi) is 4.23. The molecule has 0 aliphatic carbocycles. The second-order valence-corrected chi connectivity index (χ2v) is 5.35. The predicted molar refractivity (Wildman–Crippen MR) is 68.9 cm³/mol. The van der Waals surface area contributed by atoms with Gasteiger partial charge in [-0.25, -0.2) is 0 Å². The summed E-state index contributed by atoms with van der Waals surface area (Å²) in [5, 5.41) is 14.2. The van der Waals surface area contributed by atoms with Crippen LogP contribution in [0.1, 0.15) is 33.3 Å². The van der Waals surface area contributed by atoms with Crippen molar-refractivity contribution in [2.75, 3.05) is 0 Å². The van der Waals surface area contributed by atoms with Crippen molar-refractivity contribution < 1.29 is 4.92 Å². The average molecular weight is 236 g/mol. The summed E-state index contributed by atoms with van der Waals surface area (Å²) in [5.41, 5.74) is 1.05. The Balaban J connectivity index is 2.73. The van der Waals surface area contributed by atoms with E-state index in [4.69, 9.17) is 0 Å². The highest BCUT2D eigenvalue weighted by Crippen LogP contribution is 2.21. The fourth-order valence-corrected chi connectivity index (χ4v) is 1.41. The molecule has 0 saturated carbocycles. The number of rotatable bonds is 4. The number of benzene rings is 1. The van der Waals surface area contributed by atoms with Crippen molar-refractivity contribution in [2.45, 2.75) is 40.3 Å². The van der Waals surface area contributed by atoms with Crippen molar-refractivity contribution in [3.8, 4) is 0 Å². The van der Waals surface area contributed by atoms with Gasteiger partial charge >= 0.3 is 0 Å². The lowest BCUT2D eigenvalue weighted by Gasteiger charge is -2.28. The van der Waals surface area contributed by atoms with Crippen LogP contribution in [0.15, 0.2) is 24.3 Å². The van der Waals surface area contributed by atoms with Crippen molar-refractivity contribution in [1.82, 2.24) is 5.32 Å². The summed E-state index contributed by atoms with van der Waals surface area (Å²) in [6.07, 6.45) is 0. The van der Waals surface area contributed by atoms with Crippen LogP contribution in [0.5, 0.6) is 0 Å². The van der Waals surface area contributed by atoms with Crippen LogP contribution in [0.25, 0.3) is 0 Å². The van der Waals surface area contributed by atoms with E-state index in [1.54, 1.807) is 18.2 Å². The highest BCUT2D eigenvalue weighted by atomic mass is 16.6. The number of nitrogens with one attached hydrogen (secondary N) is 1. The fraction of sp³-hybridized carbons (Fsp3) is 0.538. The van der Waals surface area contributed by atoms with Crippen LogP contribution in [0.3, 0.4) is 0 Å². The van der Waals surface area contributed by atoms with E-state index in [0.29, 0.717) is 12.6 Å². The molecule has 0 amide bonds. The zero-order valence-corrected chi connectivity index (χ0v) is 10.9. The molecule has 4 heteroatoms. The molecule has 1 N–H and O–H groups in total. The summed E-state index contributed by atoms with van der Waals surface area (Å²) in [4.78, 5) is 10.5. The molecule has 0 heterocycles. The molecule has 0 saturated heterocycles. The highest BCUT2D eigenvalue weighted by molar-refractivity contribution is 5.39. The molecule has 1 atom stereocenters. The topological polar surface area (TPSA) is 55.2 Å². The van der Waals surface area contributed by atoms with Gasteiger partial charge in [-0.15, -0.1) is 0 Å². The largest absolute Gasteiger partial charge is 0.309 e. The number of nitro benzene ring substituents is 1. The van der Waals surface area contributed by atoms with Crippen molar-refractivity contribution in [3.63, 3.8) is 0 Å². The Morgan fingerprint density at radius 3 is 2.47 bits per heavy atom. The summed E-state index contributed by atoms with van der Waals surface area (Å²) in [7, 11) is 0. The molecule has 0 radical (unpaired) electrons. The van der Waals surface area contributed by atoms with Crippen LogP contribution in [0.2, 0.25) is 0 Å². The molecule has 0 aliphatic rings. The van der Waals surface area contributed by atoms with Crippen molar-refractivity contribution in [3.05, 3.63) is 39.9 Å². The fourth-order valence-electron chi connectivity index (χ4n) is 1.41. The molecule has 0 aromatic heterocycles. The standard InChI is InChI=1S/C13H20N2O2/c1-10(13(2,3)4)14-9-11-7-5-6-8-12(11)15(16)17/h5-8,10,14H,9H2,1-4H3. The highest BCUT2D eigenvalue weighted by Gasteiger charge is 2.20. The molecule has 0 spiro atoms. The first-order valence-electron chi connectivity index (χ1n) is 5.78. The van der Waals surface area contributed by atoms with Gasteiger partial charge in [-0.05, 0) is 12.3 Å². The Morgan fingerprint density at radius 2 is 1.94 bits per heavy atom. The Morgan fingerprint density at radius 1 is 1.35 bits per heavy atom. The van der Waals surface area contributed by atoms with Gasteiger partial charge in [0.25, 0.3) is 5.69 Å². The zero-order chi connectivity index (χ0) is 13.1. The van der Waals surface area contributed by atoms with E-state index in [1.807, 2.05) is 6.07 Å². The number of hydrogen-bond acceptors (Lipinski definition) is 3. The quantitative estimate of drug-likeness (QED) is 0.645. The molecule has 1 rings (SSSR count). The Labute approximate surface area is 102 Å². The van der Waals surface area contributed by atoms with E-state index in [1.165, 1.54) is 0 Å². The van der Waals surface area contributed by atoms with E-state index < -0.39 is 0 Å². The van der Waals surface area contributed by atoms with Crippen molar-refractivity contribution in [2.24, 2.45) is 5.41 Å². The third-order valence-electron chi connectivity index (χ3n) is 3.09. The first-order chi connectivity index (χ1) is 7.82. The molecule has 0 fully saturated rings. The van der Waals surface area contributed by atoms with Gasteiger partial charge < -0.3 is 5.32 Å². The summed E-state index contributed by atoms with van der Waals surface area (Å²) in [6, 6.07) is 7.14. The van der Waals surface area contributed by atoms with E-state index in [9.17, 15) is 10.1 Å². The maximum Gasteiger partial charge on any atom is 0.273 e. The summed E-state index contributed by atoms with van der Waals surface area (Å²) in [5.74, 6) is 0.